The van der Waals surface area contributed by atoms with Gasteiger partial charge in [-0.15, -0.1) is 0 Å². The summed E-state index contributed by atoms with van der Waals surface area (Å²) in [4.78, 5) is 14.6. The molecule has 4 nitrogen and oxygen atoms in total. The topological polar surface area (TPSA) is 44.4 Å². The molecule has 0 unspecified atom stereocenters. The van der Waals surface area contributed by atoms with Crippen LogP contribution in [-0.4, -0.2) is 18.6 Å². The van der Waals surface area contributed by atoms with Gasteiger partial charge in [-0.05, 0) is 32.9 Å². The summed E-state index contributed by atoms with van der Waals surface area (Å²) in [5.41, 5.74) is 4.18. The number of amides is 2. The molecule has 0 atom stereocenters. The van der Waals surface area contributed by atoms with Gasteiger partial charge in [-0.25, -0.2) is 4.79 Å². The first-order valence-corrected chi connectivity index (χ1v) is 7.87. The lowest BCUT2D eigenvalue weighted by Crippen LogP contribution is -2.48. The van der Waals surface area contributed by atoms with E-state index in [4.69, 9.17) is 0 Å². The number of urea groups is 1. The summed E-state index contributed by atoms with van der Waals surface area (Å²) in [5.74, 6) is 0. The van der Waals surface area contributed by atoms with Gasteiger partial charge in [0.15, 0.2) is 0 Å². The second-order valence-electron chi connectivity index (χ2n) is 6.96. The van der Waals surface area contributed by atoms with E-state index in [0.717, 1.165) is 22.5 Å². The number of nitrogens with zero attached hydrogens (tertiary/aromatic N) is 1. The zero-order valence-electron chi connectivity index (χ0n) is 14.1. The van der Waals surface area contributed by atoms with Crippen molar-refractivity contribution in [3.63, 3.8) is 0 Å². The predicted octanol–water partition coefficient (Wildman–Crippen LogP) is 3.96. The van der Waals surface area contributed by atoms with Crippen LogP contribution in [0.3, 0.4) is 0 Å². The number of hydrogen-bond acceptors (Lipinski definition) is 2. The summed E-state index contributed by atoms with van der Waals surface area (Å²) >= 11 is 0. The Morgan fingerprint density at radius 3 is 1.91 bits per heavy atom. The number of rotatable bonds is 1. The molecule has 2 amide bonds. The van der Waals surface area contributed by atoms with Gasteiger partial charge in [-0.2, -0.15) is 0 Å². The van der Waals surface area contributed by atoms with Crippen LogP contribution in [0.1, 0.15) is 37.9 Å². The fraction of sp³-hybridized carbons (Fsp3) is 0.316. The molecule has 0 bridgehead atoms. The Morgan fingerprint density at radius 1 is 0.957 bits per heavy atom. The number of carbonyl (C=O) groups excluding carboxylic acids is 1. The maximum atomic E-state index is 12.4. The van der Waals surface area contributed by atoms with Crippen LogP contribution in [0.2, 0.25) is 0 Å². The van der Waals surface area contributed by atoms with E-state index in [-0.39, 0.29) is 17.6 Å². The van der Waals surface area contributed by atoms with E-state index >= 15 is 0 Å². The summed E-state index contributed by atoms with van der Waals surface area (Å²) in [6.45, 7) is 5.93. The third-order valence-electron chi connectivity index (χ3n) is 3.98. The monoisotopic (exact) mass is 309 g/mol. The van der Waals surface area contributed by atoms with Gasteiger partial charge in [0.05, 0.1) is 6.04 Å². The second-order valence-corrected chi connectivity index (χ2v) is 6.96. The molecule has 4 heteroatoms. The Morgan fingerprint density at radius 2 is 1.43 bits per heavy atom. The van der Waals surface area contributed by atoms with Crippen molar-refractivity contribution in [3.8, 4) is 0 Å². The van der Waals surface area contributed by atoms with Gasteiger partial charge in [-0.3, -0.25) is 0 Å². The Balaban J connectivity index is 2.00. The van der Waals surface area contributed by atoms with Crippen LogP contribution in [0.25, 0.3) is 0 Å². The summed E-state index contributed by atoms with van der Waals surface area (Å²) in [7, 11) is 2.06. The van der Waals surface area contributed by atoms with Gasteiger partial charge in [0.25, 0.3) is 0 Å². The van der Waals surface area contributed by atoms with Crippen molar-refractivity contribution in [1.82, 2.24) is 10.6 Å². The van der Waals surface area contributed by atoms with Gasteiger partial charge >= 0.3 is 6.03 Å². The van der Waals surface area contributed by atoms with E-state index in [1.54, 1.807) is 0 Å². The van der Waals surface area contributed by atoms with Gasteiger partial charge in [0.2, 0.25) is 0 Å². The number of para-hydroxylation sites is 2. The summed E-state index contributed by atoms with van der Waals surface area (Å²) in [6.07, 6.45) is 0. The third-order valence-corrected chi connectivity index (χ3v) is 3.98. The number of hydrogen-bond donors (Lipinski definition) is 2. The smallest absolute Gasteiger partial charge is 0.315 e. The van der Waals surface area contributed by atoms with Gasteiger partial charge in [0, 0.05) is 35.1 Å². The molecule has 0 saturated heterocycles. The SMILES string of the molecule is CN1c2ccccc2C(NC(=O)NC(C)(C)C)c2ccccc21. The van der Waals surface area contributed by atoms with Crippen LogP contribution in [-0.2, 0) is 0 Å². The van der Waals surface area contributed by atoms with Crippen molar-refractivity contribution >= 4 is 17.4 Å². The minimum Gasteiger partial charge on any atom is -0.344 e. The summed E-state index contributed by atoms with van der Waals surface area (Å²) in [5, 5.41) is 6.11. The molecule has 3 rings (SSSR count). The van der Waals surface area contributed by atoms with E-state index in [1.807, 2.05) is 45.0 Å². The molecule has 0 aliphatic carbocycles. The van der Waals surface area contributed by atoms with Gasteiger partial charge < -0.3 is 15.5 Å². The average molecular weight is 309 g/mol. The predicted molar refractivity (Wildman–Crippen MR) is 94.2 cm³/mol. The molecular formula is C19H23N3O. The van der Waals surface area contributed by atoms with E-state index in [0.29, 0.717) is 0 Å². The van der Waals surface area contributed by atoms with E-state index < -0.39 is 0 Å². The third kappa shape index (κ3) is 3.02. The fourth-order valence-electron chi connectivity index (χ4n) is 3.03. The molecule has 120 valence electrons. The normalized spacial score (nSPS) is 14.0. The highest BCUT2D eigenvalue weighted by molar-refractivity contribution is 5.80. The molecule has 0 fully saturated rings. The summed E-state index contributed by atoms with van der Waals surface area (Å²) < 4.78 is 0. The number of fused-ring (bicyclic) bond motifs is 2. The molecule has 0 aromatic heterocycles. The molecule has 0 spiro atoms. The molecule has 23 heavy (non-hydrogen) atoms. The van der Waals surface area contributed by atoms with Crippen LogP contribution in [0.5, 0.6) is 0 Å². The van der Waals surface area contributed by atoms with Crippen molar-refractivity contribution in [3.05, 3.63) is 59.7 Å². The van der Waals surface area contributed by atoms with Crippen LogP contribution in [0.15, 0.2) is 48.5 Å². The Kier molecular flexibility index (Phi) is 3.76. The van der Waals surface area contributed by atoms with Crippen molar-refractivity contribution in [2.45, 2.75) is 32.4 Å². The first-order chi connectivity index (χ1) is 10.9. The molecule has 1 heterocycles. The average Bonchev–Trinajstić information content (AvgIpc) is 2.50. The Labute approximate surface area is 137 Å². The second kappa shape index (κ2) is 5.61. The van der Waals surface area contributed by atoms with Gasteiger partial charge in [-0.1, -0.05) is 36.4 Å². The number of carbonyl (C=O) groups is 1. The lowest BCUT2D eigenvalue weighted by Gasteiger charge is -2.36. The van der Waals surface area contributed by atoms with E-state index in [1.165, 1.54) is 0 Å². The summed E-state index contributed by atoms with van der Waals surface area (Å²) in [6, 6.07) is 16.1. The number of benzene rings is 2. The maximum absolute atomic E-state index is 12.4. The van der Waals surface area contributed by atoms with E-state index in [9.17, 15) is 4.79 Å². The zero-order valence-corrected chi connectivity index (χ0v) is 14.1. The van der Waals surface area contributed by atoms with Crippen LogP contribution >= 0.6 is 0 Å². The number of nitrogens with one attached hydrogen (secondary N) is 2. The molecule has 2 aromatic carbocycles. The first kappa shape index (κ1) is 15.4. The fourth-order valence-corrected chi connectivity index (χ4v) is 3.03. The highest BCUT2D eigenvalue weighted by atomic mass is 16.2. The van der Waals surface area contributed by atoms with Crippen LogP contribution < -0.4 is 15.5 Å². The molecule has 2 N–H and O–H groups in total. The highest BCUT2D eigenvalue weighted by Gasteiger charge is 2.29. The quantitative estimate of drug-likeness (QED) is 0.837. The highest BCUT2D eigenvalue weighted by Crippen LogP contribution is 2.42. The van der Waals surface area contributed by atoms with Crippen molar-refractivity contribution in [1.29, 1.82) is 0 Å². The number of anilines is 2. The minimum atomic E-state index is -0.269. The zero-order chi connectivity index (χ0) is 16.6. The van der Waals surface area contributed by atoms with Crippen LogP contribution in [0, 0.1) is 0 Å². The van der Waals surface area contributed by atoms with E-state index in [2.05, 4.69) is 46.8 Å². The van der Waals surface area contributed by atoms with Crippen LogP contribution in [0.4, 0.5) is 16.2 Å². The molecule has 1 aliphatic rings. The molecule has 2 aromatic rings. The minimum absolute atomic E-state index is 0.152. The lowest BCUT2D eigenvalue weighted by atomic mass is 9.91. The largest absolute Gasteiger partial charge is 0.344 e. The maximum Gasteiger partial charge on any atom is 0.315 e. The molecule has 0 radical (unpaired) electrons. The van der Waals surface area contributed by atoms with Crippen molar-refractivity contribution < 1.29 is 4.79 Å². The van der Waals surface area contributed by atoms with Crippen molar-refractivity contribution in [2.24, 2.45) is 0 Å². The molecule has 1 aliphatic heterocycles. The lowest BCUT2D eigenvalue weighted by molar-refractivity contribution is 0.229. The standard InChI is InChI=1S/C19H23N3O/c1-19(2,3)21-18(23)20-17-13-9-5-7-11-15(13)22(4)16-12-8-6-10-14(16)17/h5-12,17H,1-4H3,(H2,20,21,23). The molecule has 0 saturated carbocycles. The van der Waals surface area contributed by atoms with Gasteiger partial charge in [0.1, 0.15) is 0 Å². The van der Waals surface area contributed by atoms with Crippen molar-refractivity contribution in [2.75, 3.05) is 11.9 Å². The first-order valence-electron chi connectivity index (χ1n) is 7.87. The Bertz CT molecular complexity index is 686. The molecular weight excluding hydrogens is 286 g/mol. The Hall–Kier alpha value is -2.49.